The Morgan fingerprint density at radius 1 is 1.07 bits per heavy atom. The topological polar surface area (TPSA) is 74.0 Å². The number of piperidine rings is 1. The third kappa shape index (κ3) is 8.06. The summed E-state index contributed by atoms with van der Waals surface area (Å²) in [5, 5.41) is 3.49. The quantitative estimate of drug-likeness (QED) is 0.338. The molecule has 1 aromatic rings. The molecule has 168 valence electrons. The second kappa shape index (κ2) is 13.1. The van der Waals surface area contributed by atoms with Crippen LogP contribution >= 0.6 is 24.0 Å². The van der Waals surface area contributed by atoms with Crippen LogP contribution in [0.1, 0.15) is 56.1 Å². The number of guanidine groups is 1. The molecule has 2 heterocycles. The molecule has 2 aliphatic rings. The van der Waals surface area contributed by atoms with Gasteiger partial charge in [-0.05, 0) is 55.8 Å². The van der Waals surface area contributed by atoms with E-state index < -0.39 is 0 Å². The molecule has 3 N–H and O–H groups in total. The van der Waals surface area contributed by atoms with Gasteiger partial charge in [-0.1, -0.05) is 37.1 Å². The Labute approximate surface area is 198 Å². The normalized spacial score (nSPS) is 20.9. The molecule has 1 amide bonds. The average Bonchev–Trinajstić information content (AvgIpc) is 2.98. The average molecular weight is 527 g/mol. The van der Waals surface area contributed by atoms with E-state index >= 15 is 0 Å². The largest absolute Gasteiger partial charge is 0.370 e. The molecule has 2 fully saturated rings. The molecule has 3 rings (SSSR count). The molecular formula is C23H38IN5O. The summed E-state index contributed by atoms with van der Waals surface area (Å²) in [6, 6.07) is 8.96. The van der Waals surface area contributed by atoms with Crippen LogP contribution in [0, 0.1) is 5.92 Å². The van der Waals surface area contributed by atoms with E-state index in [1.807, 2.05) is 7.05 Å². The molecule has 7 heteroatoms. The van der Waals surface area contributed by atoms with E-state index in [9.17, 15) is 4.79 Å². The number of hydrogen-bond acceptors (Lipinski definition) is 3. The standard InChI is InChI=1S/C23H37N5O.HI/c1-25-23(28-14-6-7-21(18-28)15-22(24)29)26-16-19-8-10-20(11-9-19)17-27-12-4-2-3-5-13-27;/h8-11,21H,2-7,12-18H2,1H3,(H2,24,29)(H,25,26);1H. The summed E-state index contributed by atoms with van der Waals surface area (Å²) < 4.78 is 0. The molecular weight excluding hydrogens is 489 g/mol. The summed E-state index contributed by atoms with van der Waals surface area (Å²) in [5.41, 5.74) is 8.04. The highest BCUT2D eigenvalue weighted by molar-refractivity contribution is 14.0. The molecule has 1 unspecified atom stereocenters. The lowest BCUT2D eigenvalue weighted by Crippen LogP contribution is -2.46. The number of nitrogens with zero attached hydrogens (tertiary/aromatic N) is 3. The maximum Gasteiger partial charge on any atom is 0.217 e. The lowest BCUT2D eigenvalue weighted by atomic mass is 9.95. The van der Waals surface area contributed by atoms with Gasteiger partial charge >= 0.3 is 0 Å². The lowest BCUT2D eigenvalue weighted by Gasteiger charge is -2.34. The van der Waals surface area contributed by atoms with Crippen molar-refractivity contribution in [1.29, 1.82) is 0 Å². The zero-order valence-corrected chi connectivity index (χ0v) is 20.6. The molecule has 0 aliphatic carbocycles. The van der Waals surface area contributed by atoms with Crippen molar-refractivity contribution < 1.29 is 4.79 Å². The molecule has 0 radical (unpaired) electrons. The van der Waals surface area contributed by atoms with Gasteiger partial charge in [0.05, 0.1) is 0 Å². The highest BCUT2D eigenvalue weighted by atomic mass is 127. The molecule has 30 heavy (non-hydrogen) atoms. The highest BCUT2D eigenvalue weighted by Gasteiger charge is 2.23. The molecule has 2 aliphatic heterocycles. The number of nitrogens with one attached hydrogen (secondary N) is 1. The van der Waals surface area contributed by atoms with Gasteiger partial charge in [0.25, 0.3) is 0 Å². The van der Waals surface area contributed by atoms with E-state index in [4.69, 9.17) is 5.73 Å². The SMILES string of the molecule is CN=C(NCc1ccc(CN2CCCCCC2)cc1)N1CCCC(CC(N)=O)C1.I. The first-order chi connectivity index (χ1) is 14.1. The second-order valence-electron chi connectivity index (χ2n) is 8.53. The number of aliphatic imine (C=N–C) groups is 1. The molecule has 1 aromatic carbocycles. The van der Waals surface area contributed by atoms with Crippen molar-refractivity contribution >= 4 is 35.8 Å². The smallest absolute Gasteiger partial charge is 0.217 e. The van der Waals surface area contributed by atoms with Crippen LogP contribution in [0.2, 0.25) is 0 Å². The second-order valence-corrected chi connectivity index (χ2v) is 8.53. The Bertz CT molecular complexity index is 671. The maximum absolute atomic E-state index is 11.2. The molecule has 2 saturated heterocycles. The fourth-order valence-corrected chi connectivity index (χ4v) is 4.54. The molecule has 0 aromatic heterocycles. The van der Waals surface area contributed by atoms with Crippen LogP contribution in [0.25, 0.3) is 0 Å². The van der Waals surface area contributed by atoms with Gasteiger partial charge in [-0.25, -0.2) is 0 Å². The predicted molar refractivity (Wildman–Crippen MR) is 134 cm³/mol. The minimum atomic E-state index is -0.208. The predicted octanol–water partition coefficient (Wildman–Crippen LogP) is 3.34. The highest BCUT2D eigenvalue weighted by Crippen LogP contribution is 2.19. The number of carbonyl (C=O) groups is 1. The minimum absolute atomic E-state index is 0. The van der Waals surface area contributed by atoms with E-state index in [-0.39, 0.29) is 29.9 Å². The molecule has 0 spiro atoms. The van der Waals surface area contributed by atoms with Gasteiger partial charge in [-0.15, -0.1) is 24.0 Å². The minimum Gasteiger partial charge on any atom is -0.370 e. The summed E-state index contributed by atoms with van der Waals surface area (Å²) in [5.74, 6) is 1.03. The summed E-state index contributed by atoms with van der Waals surface area (Å²) >= 11 is 0. The van der Waals surface area contributed by atoms with E-state index in [0.717, 1.165) is 45.0 Å². The number of carbonyl (C=O) groups excluding carboxylic acids is 1. The van der Waals surface area contributed by atoms with Crippen molar-refractivity contribution in [3.63, 3.8) is 0 Å². The fraction of sp³-hybridized carbons (Fsp3) is 0.652. The Morgan fingerprint density at radius 2 is 1.73 bits per heavy atom. The molecule has 6 nitrogen and oxygen atoms in total. The van der Waals surface area contributed by atoms with Crippen molar-refractivity contribution in [2.75, 3.05) is 33.2 Å². The van der Waals surface area contributed by atoms with Crippen LogP contribution < -0.4 is 11.1 Å². The number of nitrogens with two attached hydrogens (primary N) is 1. The van der Waals surface area contributed by atoms with Crippen LogP contribution in [-0.4, -0.2) is 54.9 Å². The Balaban J connectivity index is 0.00000320. The summed E-state index contributed by atoms with van der Waals surface area (Å²) in [7, 11) is 1.82. The zero-order chi connectivity index (χ0) is 20.5. The van der Waals surface area contributed by atoms with Gasteiger partial charge < -0.3 is 16.0 Å². The first kappa shape index (κ1) is 24.9. The van der Waals surface area contributed by atoms with Crippen LogP contribution in [0.4, 0.5) is 0 Å². The van der Waals surface area contributed by atoms with Crippen LogP contribution in [0.15, 0.2) is 29.3 Å². The summed E-state index contributed by atoms with van der Waals surface area (Å²) in [6.45, 7) is 6.09. The van der Waals surface area contributed by atoms with E-state index in [0.29, 0.717) is 12.3 Å². The van der Waals surface area contributed by atoms with E-state index in [1.165, 1.54) is 49.9 Å². The van der Waals surface area contributed by atoms with Gasteiger partial charge in [0, 0.05) is 39.6 Å². The fourth-order valence-electron chi connectivity index (χ4n) is 4.54. The third-order valence-corrected chi connectivity index (χ3v) is 6.10. The summed E-state index contributed by atoms with van der Waals surface area (Å²) in [4.78, 5) is 20.5. The van der Waals surface area contributed by atoms with E-state index in [1.54, 1.807) is 0 Å². The number of primary amides is 1. The zero-order valence-electron chi connectivity index (χ0n) is 18.3. The number of amides is 1. The third-order valence-electron chi connectivity index (χ3n) is 6.10. The Kier molecular flexibility index (Phi) is 10.9. The van der Waals surface area contributed by atoms with Crippen molar-refractivity contribution in [1.82, 2.24) is 15.1 Å². The summed E-state index contributed by atoms with van der Waals surface area (Å²) in [6.07, 6.45) is 8.02. The van der Waals surface area contributed by atoms with Crippen molar-refractivity contribution in [3.05, 3.63) is 35.4 Å². The van der Waals surface area contributed by atoms with Gasteiger partial charge in [-0.2, -0.15) is 0 Å². The van der Waals surface area contributed by atoms with Crippen molar-refractivity contribution in [3.8, 4) is 0 Å². The number of rotatable bonds is 6. The van der Waals surface area contributed by atoms with Crippen molar-refractivity contribution in [2.24, 2.45) is 16.6 Å². The number of hydrogen-bond donors (Lipinski definition) is 2. The number of benzene rings is 1. The first-order valence-electron chi connectivity index (χ1n) is 11.2. The Morgan fingerprint density at radius 3 is 2.37 bits per heavy atom. The van der Waals surface area contributed by atoms with E-state index in [2.05, 4.69) is 44.4 Å². The van der Waals surface area contributed by atoms with Gasteiger partial charge in [-0.3, -0.25) is 14.7 Å². The van der Waals surface area contributed by atoms with Gasteiger partial charge in [0.15, 0.2) is 5.96 Å². The number of halogens is 1. The monoisotopic (exact) mass is 527 g/mol. The maximum atomic E-state index is 11.2. The Hall–Kier alpha value is -1.35. The lowest BCUT2D eigenvalue weighted by molar-refractivity contribution is -0.119. The van der Waals surface area contributed by atoms with Crippen LogP contribution in [0.5, 0.6) is 0 Å². The van der Waals surface area contributed by atoms with Crippen LogP contribution in [0.3, 0.4) is 0 Å². The van der Waals surface area contributed by atoms with Crippen molar-refractivity contribution in [2.45, 2.75) is 58.0 Å². The number of likely N-dealkylation sites (tertiary alicyclic amines) is 2. The molecule has 0 saturated carbocycles. The van der Waals surface area contributed by atoms with Gasteiger partial charge in [0.1, 0.15) is 0 Å². The van der Waals surface area contributed by atoms with Gasteiger partial charge in [0.2, 0.25) is 5.91 Å². The first-order valence-corrected chi connectivity index (χ1v) is 11.2. The molecule has 0 bridgehead atoms. The molecule has 1 atom stereocenters. The van der Waals surface area contributed by atoms with Crippen LogP contribution in [-0.2, 0) is 17.9 Å².